The van der Waals surface area contributed by atoms with Gasteiger partial charge in [0.1, 0.15) is 11.4 Å². The molecule has 0 aliphatic rings. The summed E-state index contributed by atoms with van der Waals surface area (Å²) in [5.74, 6) is 0.738. The van der Waals surface area contributed by atoms with Gasteiger partial charge in [0.05, 0.1) is 7.11 Å². The number of nitrogens with one attached hydrogen (secondary N) is 2. The number of anilines is 3. The molecule has 3 rings (SSSR count). The summed E-state index contributed by atoms with van der Waals surface area (Å²) in [6.07, 6.45) is 0. The predicted octanol–water partition coefficient (Wildman–Crippen LogP) is 4.44. The molecule has 1 aromatic heterocycles. The van der Waals surface area contributed by atoms with E-state index in [1.807, 2.05) is 12.1 Å². The number of benzene rings is 2. The Balaban J connectivity index is 1.77. The fraction of sp³-hybridized carbons (Fsp3) is 0.105. The molecule has 2 N–H and O–H groups in total. The van der Waals surface area contributed by atoms with Crippen molar-refractivity contribution in [3.8, 4) is 5.75 Å². The van der Waals surface area contributed by atoms with E-state index in [2.05, 4.69) is 20.6 Å². The maximum absolute atomic E-state index is 12.5. The van der Waals surface area contributed by atoms with Crippen molar-refractivity contribution in [2.45, 2.75) is 6.92 Å². The van der Waals surface area contributed by atoms with E-state index in [1.54, 1.807) is 56.5 Å². The molecule has 0 aliphatic carbocycles. The monoisotopic (exact) mass is 368 g/mol. The SMILES string of the molecule is COc1ccc(NC(=O)c2cc(C)nc(Nc3ccc(Cl)cc3)n2)cc1. The lowest BCUT2D eigenvalue weighted by atomic mass is 10.2. The molecule has 2 aromatic carbocycles. The molecule has 1 amide bonds. The number of halogens is 1. The molecule has 1 heterocycles. The van der Waals surface area contributed by atoms with Crippen molar-refractivity contribution in [3.05, 3.63) is 71.0 Å². The Kier molecular flexibility index (Phi) is 5.34. The molecule has 26 heavy (non-hydrogen) atoms. The van der Waals surface area contributed by atoms with Gasteiger partial charge in [0.25, 0.3) is 5.91 Å². The first kappa shape index (κ1) is 17.7. The van der Waals surface area contributed by atoms with Crippen LogP contribution in [0.4, 0.5) is 17.3 Å². The molecule has 132 valence electrons. The van der Waals surface area contributed by atoms with Gasteiger partial charge in [0.15, 0.2) is 0 Å². The van der Waals surface area contributed by atoms with E-state index in [1.165, 1.54) is 0 Å². The van der Waals surface area contributed by atoms with E-state index in [0.717, 1.165) is 11.4 Å². The molecular formula is C19H17ClN4O2. The summed E-state index contributed by atoms with van der Waals surface area (Å²) in [5, 5.41) is 6.51. The van der Waals surface area contributed by atoms with Crippen molar-refractivity contribution in [1.82, 2.24) is 9.97 Å². The van der Waals surface area contributed by atoms with Crippen LogP contribution < -0.4 is 15.4 Å². The van der Waals surface area contributed by atoms with E-state index >= 15 is 0 Å². The largest absolute Gasteiger partial charge is 0.497 e. The second-order valence-electron chi connectivity index (χ2n) is 5.53. The Hall–Kier alpha value is -3.12. The molecule has 0 fully saturated rings. The van der Waals surface area contributed by atoms with E-state index in [-0.39, 0.29) is 11.6 Å². The Morgan fingerprint density at radius 1 is 1.00 bits per heavy atom. The minimum atomic E-state index is -0.320. The summed E-state index contributed by atoms with van der Waals surface area (Å²) in [7, 11) is 1.59. The molecule has 0 bridgehead atoms. The lowest BCUT2D eigenvalue weighted by Gasteiger charge is -2.09. The molecule has 3 aromatic rings. The highest BCUT2D eigenvalue weighted by Gasteiger charge is 2.11. The van der Waals surface area contributed by atoms with Crippen LogP contribution in [0.25, 0.3) is 0 Å². The number of methoxy groups -OCH3 is 1. The third-order valence-corrected chi connectivity index (χ3v) is 3.79. The Labute approximate surface area is 156 Å². The molecule has 0 atom stereocenters. The fourth-order valence-corrected chi connectivity index (χ4v) is 2.40. The summed E-state index contributed by atoms with van der Waals surface area (Å²) in [6.45, 7) is 1.80. The fourth-order valence-electron chi connectivity index (χ4n) is 2.27. The van der Waals surface area contributed by atoms with Crippen molar-refractivity contribution in [2.75, 3.05) is 17.7 Å². The van der Waals surface area contributed by atoms with Crippen LogP contribution in [0.3, 0.4) is 0 Å². The van der Waals surface area contributed by atoms with Gasteiger partial charge >= 0.3 is 0 Å². The zero-order valence-corrected chi connectivity index (χ0v) is 15.0. The number of rotatable bonds is 5. The summed E-state index contributed by atoms with van der Waals surface area (Å²) in [6, 6.07) is 15.8. The number of aromatic nitrogens is 2. The van der Waals surface area contributed by atoms with Crippen LogP contribution in [0.5, 0.6) is 5.75 Å². The first-order valence-electron chi connectivity index (χ1n) is 7.87. The number of hydrogen-bond donors (Lipinski definition) is 2. The average molecular weight is 369 g/mol. The molecule has 7 heteroatoms. The third kappa shape index (κ3) is 4.49. The summed E-state index contributed by atoms with van der Waals surface area (Å²) >= 11 is 5.88. The van der Waals surface area contributed by atoms with Gasteiger partial charge in [-0.05, 0) is 61.5 Å². The highest BCUT2D eigenvalue weighted by Crippen LogP contribution is 2.18. The normalized spacial score (nSPS) is 10.3. The van der Waals surface area contributed by atoms with Gasteiger partial charge in [0.2, 0.25) is 5.95 Å². The maximum atomic E-state index is 12.5. The van der Waals surface area contributed by atoms with E-state index < -0.39 is 0 Å². The molecule has 6 nitrogen and oxygen atoms in total. The lowest BCUT2D eigenvalue weighted by Crippen LogP contribution is -2.15. The number of hydrogen-bond acceptors (Lipinski definition) is 5. The number of amides is 1. The van der Waals surface area contributed by atoms with Crippen molar-refractivity contribution in [3.63, 3.8) is 0 Å². The van der Waals surface area contributed by atoms with Crippen LogP contribution in [0.15, 0.2) is 54.6 Å². The molecular weight excluding hydrogens is 352 g/mol. The van der Waals surface area contributed by atoms with Crippen LogP contribution in [-0.4, -0.2) is 23.0 Å². The third-order valence-electron chi connectivity index (χ3n) is 3.54. The minimum Gasteiger partial charge on any atom is -0.497 e. The molecule has 0 saturated carbocycles. The van der Waals surface area contributed by atoms with E-state index in [9.17, 15) is 4.79 Å². The van der Waals surface area contributed by atoms with Gasteiger partial charge in [-0.2, -0.15) is 0 Å². The van der Waals surface area contributed by atoms with Crippen molar-refractivity contribution >= 4 is 34.8 Å². The van der Waals surface area contributed by atoms with Gasteiger partial charge < -0.3 is 15.4 Å². The summed E-state index contributed by atoms with van der Waals surface area (Å²) < 4.78 is 5.10. The Bertz CT molecular complexity index is 912. The second-order valence-corrected chi connectivity index (χ2v) is 5.97. The van der Waals surface area contributed by atoms with E-state index in [0.29, 0.717) is 22.4 Å². The number of carbonyl (C=O) groups is 1. The number of ether oxygens (including phenoxy) is 1. The molecule has 0 spiro atoms. The smallest absolute Gasteiger partial charge is 0.274 e. The van der Waals surface area contributed by atoms with Crippen molar-refractivity contribution < 1.29 is 9.53 Å². The number of carbonyl (C=O) groups excluding carboxylic acids is 1. The first-order valence-corrected chi connectivity index (χ1v) is 8.25. The van der Waals surface area contributed by atoms with Crippen LogP contribution in [0.1, 0.15) is 16.2 Å². The zero-order chi connectivity index (χ0) is 18.5. The first-order chi connectivity index (χ1) is 12.5. The molecule has 0 unspecified atom stereocenters. The highest BCUT2D eigenvalue weighted by atomic mass is 35.5. The average Bonchev–Trinajstić information content (AvgIpc) is 2.64. The Morgan fingerprint density at radius 3 is 2.31 bits per heavy atom. The van der Waals surface area contributed by atoms with Crippen molar-refractivity contribution in [2.24, 2.45) is 0 Å². The highest BCUT2D eigenvalue weighted by molar-refractivity contribution is 6.30. The standard InChI is InChI=1S/C19H17ClN4O2/c1-12-11-17(18(25)22-14-7-9-16(26-2)10-8-14)24-19(21-12)23-15-5-3-13(20)4-6-15/h3-11H,1-2H3,(H,22,25)(H,21,23,24). The molecule has 0 aliphatic heterocycles. The second kappa shape index (κ2) is 7.84. The molecule has 0 saturated heterocycles. The van der Waals surface area contributed by atoms with E-state index in [4.69, 9.17) is 16.3 Å². The maximum Gasteiger partial charge on any atom is 0.274 e. The summed E-state index contributed by atoms with van der Waals surface area (Å²) in [5.41, 5.74) is 2.38. The van der Waals surface area contributed by atoms with Gasteiger partial charge in [-0.15, -0.1) is 0 Å². The van der Waals surface area contributed by atoms with Gasteiger partial charge in [-0.25, -0.2) is 9.97 Å². The number of aryl methyl sites for hydroxylation is 1. The predicted molar refractivity (Wildman–Crippen MR) is 102 cm³/mol. The summed E-state index contributed by atoms with van der Waals surface area (Å²) in [4.78, 5) is 21.1. The van der Waals surface area contributed by atoms with Gasteiger partial charge in [-0.3, -0.25) is 4.79 Å². The molecule has 0 radical (unpaired) electrons. The zero-order valence-electron chi connectivity index (χ0n) is 14.3. The van der Waals surface area contributed by atoms with Crippen LogP contribution in [0, 0.1) is 6.92 Å². The number of nitrogens with zero attached hydrogens (tertiary/aromatic N) is 2. The lowest BCUT2D eigenvalue weighted by molar-refractivity contribution is 0.102. The quantitative estimate of drug-likeness (QED) is 0.696. The van der Waals surface area contributed by atoms with Crippen LogP contribution >= 0.6 is 11.6 Å². The van der Waals surface area contributed by atoms with Gasteiger partial charge in [-0.1, -0.05) is 11.6 Å². The topological polar surface area (TPSA) is 76.1 Å². The van der Waals surface area contributed by atoms with Crippen LogP contribution in [-0.2, 0) is 0 Å². The van der Waals surface area contributed by atoms with Crippen molar-refractivity contribution in [1.29, 1.82) is 0 Å². The Morgan fingerprint density at radius 2 is 1.65 bits per heavy atom. The van der Waals surface area contributed by atoms with Crippen LogP contribution in [0.2, 0.25) is 5.02 Å². The van der Waals surface area contributed by atoms with Gasteiger partial charge in [0, 0.05) is 22.1 Å². The minimum absolute atomic E-state index is 0.268.